The fourth-order valence-electron chi connectivity index (χ4n) is 1.42. The van der Waals surface area contributed by atoms with Crippen molar-refractivity contribution in [2.24, 2.45) is 0 Å². The van der Waals surface area contributed by atoms with E-state index in [-0.39, 0.29) is 12.2 Å². The fourth-order valence-corrected chi connectivity index (χ4v) is 3.00. The van der Waals surface area contributed by atoms with Gasteiger partial charge in [-0.1, -0.05) is 25.1 Å². The maximum atomic E-state index is 11.8. The van der Waals surface area contributed by atoms with E-state index in [0.29, 0.717) is 16.9 Å². The highest BCUT2D eigenvalue weighted by Crippen LogP contribution is 2.17. The van der Waals surface area contributed by atoms with Crippen LogP contribution in [0.5, 0.6) is 0 Å². The summed E-state index contributed by atoms with van der Waals surface area (Å²) < 4.78 is 23.6. The lowest BCUT2D eigenvalue weighted by Crippen LogP contribution is -2.08. The molecule has 15 heavy (non-hydrogen) atoms. The number of rotatable bonds is 4. The molecule has 0 bridgehead atoms. The van der Waals surface area contributed by atoms with Gasteiger partial charge in [0.1, 0.15) is 0 Å². The van der Waals surface area contributed by atoms with Gasteiger partial charge in [-0.25, -0.2) is 8.42 Å². The van der Waals surface area contributed by atoms with E-state index < -0.39 is 9.84 Å². The lowest BCUT2D eigenvalue weighted by Gasteiger charge is -2.06. The largest absolute Gasteiger partial charge is 0.224 e. The van der Waals surface area contributed by atoms with Gasteiger partial charge in [0.25, 0.3) is 0 Å². The van der Waals surface area contributed by atoms with Crippen molar-refractivity contribution in [2.75, 3.05) is 5.75 Å². The van der Waals surface area contributed by atoms with Gasteiger partial charge in [0.15, 0.2) is 9.84 Å². The molecule has 0 spiro atoms. The number of nitriles is 1. The first-order valence-electron chi connectivity index (χ1n) is 4.79. The Morgan fingerprint density at radius 3 is 2.60 bits per heavy atom. The maximum Gasteiger partial charge on any atom is 0.178 e. The predicted molar refractivity (Wildman–Crippen MR) is 58.1 cm³/mol. The zero-order chi connectivity index (χ0) is 11.3. The van der Waals surface area contributed by atoms with Gasteiger partial charge in [0, 0.05) is 0 Å². The van der Waals surface area contributed by atoms with Gasteiger partial charge in [-0.3, -0.25) is 0 Å². The molecule has 0 aromatic heterocycles. The fraction of sp³-hybridized carbons (Fsp3) is 0.364. The van der Waals surface area contributed by atoms with Gasteiger partial charge in [0.05, 0.1) is 23.1 Å². The van der Waals surface area contributed by atoms with E-state index in [1.165, 1.54) is 0 Å². The monoisotopic (exact) mass is 223 g/mol. The van der Waals surface area contributed by atoms with Gasteiger partial charge in [-0.05, 0) is 18.1 Å². The summed E-state index contributed by atoms with van der Waals surface area (Å²) in [5.74, 6) is 0.134. The number of hydrogen-bond acceptors (Lipinski definition) is 3. The van der Waals surface area contributed by atoms with E-state index in [9.17, 15) is 8.42 Å². The molecular formula is C11H13NO2S. The lowest BCUT2D eigenvalue weighted by atomic mass is 10.2. The molecule has 0 amide bonds. The Morgan fingerprint density at radius 1 is 1.33 bits per heavy atom. The molecule has 0 N–H and O–H groups in total. The Hall–Kier alpha value is -1.34. The van der Waals surface area contributed by atoms with Crippen molar-refractivity contribution >= 4 is 9.84 Å². The quantitative estimate of drug-likeness (QED) is 0.783. The topological polar surface area (TPSA) is 57.9 Å². The standard InChI is InChI=1S/C11H13NO2S/c1-2-9-15(13,14)11-6-4-3-5-10(11)7-8-12/h3-6H,2,7,9H2,1H3. The van der Waals surface area contributed by atoms with Crippen LogP contribution >= 0.6 is 0 Å². The Balaban J connectivity index is 3.20. The molecule has 4 heteroatoms. The second-order valence-corrected chi connectivity index (χ2v) is 5.34. The highest BCUT2D eigenvalue weighted by atomic mass is 32.2. The zero-order valence-corrected chi connectivity index (χ0v) is 9.42. The molecule has 0 aliphatic heterocycles. The van der Waals surface area contributed by atoms with Crippen molar-refractivity contribution < 1.29 is 8.42 Å². The summed E-state index contributed by atoms with van der Waals surface area (Å²) in [5.41, 5.74) is 0.591. The third kappa shape index (κ3) is 2.80. The molecule has 0 heterocycles. The van der Waals surface area contributed by atoms with Crippen LogP contribution in [-0.2, 0) is 16.3 Å². The van der Waals surface area contributed by atoms with Crippen LogP contribution in [0.2, 0.25) is 0 Å². The first-order chi connectivity index (χ1) is 7.11. The minimum Gasteiger partial charge on any atom is -0.224 e. The molecule has 1 rings (SSSR count). The van der Waals surface area contributed by atoms with Gasteiger partial charge in [0.2, 0.25) is 0 Å². The molecule has 3 nitrogen and oxygen atoms in total. The summed E-state index contributed by atoms with van der Waals surface area (Å²) in [5, 5.41) is 8.59. The van der Waals surface area contributed by atoms with Crippen molar-refractivity contribution in [3.05, 3.63) is 29.8 Å². The minimum absolute atomic E-state index is 0.134. The van der Waals surface area contributed by atoms with Crippen molar-refractivity contribution in [1.82, 2.24) is 0 Å². The highest BCUT2D eigenvalue weighted by Gasteiger charge is 2.16. The number of benzene rings is 1. The van der Waals surface area contributed by atoms with Gasteiger partial charge < -0.3 is 0 Å². The van der Waals surface area contributed by atoms with E-state index in [1.807, 2.05) is 13.0 Å². The maximum absolute atomic E-state index is 11.8. The molecule has 0 atom stereocenters. The van der Waals surface area contributed by atoms with Crippen molar-refractivity contribution in [1.29, 1.82) is 5.26 Å². The highest BCUT2D eigenvalue weighted by molar-refractivity contribution is 7.91. The second kappa shape index (κ2) is 4.94. The van der Waals surface area contributed by atoms with Gasteiger partial charge in [-0.2, -0.15) is 5.26 Å². The van der Waals surface area contributed by atoms with Crippen LogP contribution in [0.3, 0.4) is 0 Å². The van der Waals surface area contributed by atoms with Crippen LogP contribution in [0.15, 0.2) is 29.2 Å². The molecule has 0 fully saturated rings. The van der Waals surface area contributed by atoms with Crippen molar-refractivity contribution in [3.8, 4) is 6.07 Å². The third-order valence-corrected chi connectivity index (χ3v) is 4.06. The summed E-state index contributed by atoms with van der Waals surface area (Å²) in [6.45, 7) is 1.82. The Morgan fingerprint density at radius 2 is 2.00 bits per heavy atom. The van der Waals surface area contributed by atoms with Crippen molar-refractivity contribution in [2.45, 2.75) is 24.7 Å². The first-order valence-corrected chi connectivity index (χ1v) is 6.44. The summed E-state index contributed by atoms with van der Waals surface area (Å²) in [4.78, 5) is 0.299. The molecular weight excluding hydrogens is 210 g/mol. The summed E-state index contributed by atoms with van der Waals surface area (Å²) in [6, 6.07) is 8.66. The molecule has 0 unspecified atom stereocenters. The summed E-state index contributed by atoms with van der Waals surface area (Å²) in [7, 11) is -3.21. The smallest absolute Gasteiger partial charge is 0.178 e. The van der Waals surface area contributed by atoms with Crippen LogP contribution in [-0.4, -0.2) is 14.2 Å². The van der Waals surface area contributed by atoms with Crippen LogP contribution in [0, 0.1) is 11.3 Å². The molecule has 0 saturated heterocycles. The third-order valence-electron chi connectivity index (χ3n) is 2.05. The van der Waals surface area contributed by atoms with Crippen LogP contribution in [0.4, 0.5) is 0 Å². The second-order valence-electron chi connectivity index (χ2n) is 3.26. The zero-order valence-electron chi connectivity index (χ0n) is 8.60. The Bertz CT molecular complexity index is 472. The van der Waals surface area contributed by atoms with E-state index in [2.05, 4.69) is 0 Å². The molecule has 1 aromatic carbocycles. The van der Waals surface area contributed by atoms with Gasteiger partial charge >= 0.3 is 0 Å². The average Bonchev–Trinajstić information content (AvgIpc) is 2.19. The molecule has 0 radical (unpaired) electrons. The molecule has 1 aromatic rings. The van der Waals surface area contributed by atoms with Crippen LogP contribution in [0.25, 0.3) is 0 Å². The van der Waals surface area contributed by atoms with E-state index in [4.69, 9.17) is 5.26 Å². The number of hydrogen-bond donors (Lipinski definition) is 0. The van der Waals surface area contributed by atoms with E-state index in [1.54, 1.807) is 24.3 Å². The molecule has 0 aliphatic rings. The normalized spacial score (nSPS) is 10.9. The summed E-state index contributed by atoms with van der Waals surface area (Å²) >= 11 is 0. The molecule has 80 valence electrons. The molecule has 0 saturated carbocycles. The lowest BCUT2D eigenvalue weighted by molar-refractivity contribution is 0.594. The average molecular weight is 223 g/mol. The number of nitrogens with zero attached hydrogens (tertiary/aromatic N) is 1. The van der Waals surface area contributed by atoms with E-state index in [0.717, 1.165) is 0 Å². The molecule has 0 aliphatic carbocycles. The number of sulfone groups is 1. The predicted octanol–water partition coefficient (Wildman–Crippen LogP) is 1.94. The van der Waals surface area contributed by atoms with Crippen LogP contribution < -0.4 is 0 Å². The van der Waals surface area contributed by atoms with Gasteiger partial charge in [-0.15, -0.1) is 0 Å². The summed E-state index contributed by atoms with van der Waals surface area (Å²) in [6.07, 6.45) is 0.725. The minimum atomic E-state index is -3.21. The SMILES string of the molecule is CCCS(=O)(=O)c1ccccc1CC#N. The Kier molecular flexibility index (Phi) is 3.87. The van der Waals surface area contributed by atoms with Crippen molar-refractivity contribution in [3.63, 3.8) is 0 Å². The van der Waals surface area contributed by atoms with E-state index >= 15 is 0 Å². The first kappa shape index (κ1) is 11.7. The van der Waals surface area contributed by atoms with Crippen LogP contribution in [0.1, 0.15) is 18.9 Å². The Labute approximate surface area is 90.3 Å².